The van der Waals surface area contributed by atoms with Crippen molar-refractivity contribution in [3.8, 4) is 0 Å². The van der Waals surface area contributed by atoms with E-state index < -0.39 is 11.2 Å². The molecule has 0 bridgehead atoms. The number of nitrogens with one attached hydrogen (secondary N) is 1. The molecular weight excluding hydrogens is 436 g/mol. The number of nitrogens with zero attached hydrogens (tertiary/aromatic N) is 5. The first-order valence-electron chi connectivity index (χ1n) is 10.6. The molecule has 5 rings (SSSR count). The second-order valence-corrected chi connectivity index (χ2v) is 10.5. The molecule has 1 saturated carbocycles. The zero-order valence-electron chi connectivity index (χ0n) is 17.3. The number of anilines is 2. The first-order chi connectivity index (χ1) is 15.0. The third kappa shape index (κ3) is 3.88. The van der Waals surface area contributed by atoms with Crippen molar-refractivity contribution in [3.63, 3.8) is 0 Å². The third-order valence-electron chi connectivity index (χ3n) is 6.42. The first-order valence-corrected chi connectivity index (χ1v) is 12.3. The Morgan fingerprint density at radius 3 is 2.74 bits per heavy atom. The Balaban J connectivity index is 1.45. The van der Waals surface area contributed by atoms with Crippen LogP contribution in [0.5, 0.6) is 0 Å². The maximum atomic E-state index is 12.6. The summed E-state index contributed by atoms with van der Waals surface area (Å²) in [6, 6.07) is 0.146. The van der Waals surface area contributed by atoms with Crippen molar-refractivity contribution in [1.82, 2.24) is 19.9 Å². The largest absolute Gasteiger partial charge is 0.611 e. The summed E-state index contributed by atoms with van der Waals surface area (Å²) in [4.78, 5) is 21.1. The lowest BCUT2D eigenvalue weighted by atomic mass is 9.77. The number of aromatic nitrogens is 4. The quantitative estimate of drug-likeness (QED) is 0.655. The summed E-state index contributed by atoms with van der Waals surface area (Å²) in [5.74, 6) is 2.51. The van der Waals surface area contributed by atoms with E-state index in [2.05, 4.69) is 33.2 Å². The Morgan fingerprint density at radius 1 is 1.32 bits per heavy atom. The minimum absolute atomic E-state index is 0.0427. The van der Waals surface area contributed by atoms with Crippen LogP contribution < -0.4 is 10.2 Å². The van der Waals surface area contributed by atoms with Crippen LogP contribution in [0, 0.1) is 0 Å². The fraction of sp³-hybridized carbons (Fsp3) is 0.524. The molecule has 0 spiro atoms. The van der Waals surface area contributed by atoms with Gasteiger partial charge in [0.15, 0.2) is 11.6 Å². The molecule has 2 aromatic rings. The molecule has 2 aliphatic heterocycles. The summed E-state index contributed by atoms with van der Waals surface area (Å²) in [7, 11) is 0. The first kappa shape index (κ1) is 20.9. The highest BCUT2D eigenvalue weighted by Crippen LogP contribution is 2.39. The lowest BCUT2D eigenvalue weighted by Crippen LogP contribution is -2.49. The van der Waals surface area contributed by atoms with E-state index in [9.17, 15) is 9.66 Å². The maximum absolute atomic E-state index is 12.6. The van der Waals surface area contributed by atoms with Gasteiger partial charge < -0.3 is 19.9 Å². The highest BCUT2D eigenvalue weighted by Gasteiger charge is 2.41. The van der Waals surface area contributed by atoms with E-state index >= 15 is 0 Å². The van der Waals surface area contributed by atoms with Gasteiger partial charge in [-0.2, -0.15) is 4.98 Å². The summed E-state index contributed by atoms with van der Waals surface area (Å²) >= 11 is 4.81. The second kappa shape index (κ2) is 8.20. The molecule has 2 aromatic heterocycles. The fourth-order valence-electron chi connectivity index (χ4n) is 4.41. The Kier molecular flexibility index (Phi) is 5.54. The molecule has 4 heterocycles. The highest BCUT2D eigenvalue weighted by atomic mass is 35.5. The van der Waals surface area contributed by atoms with E-state index in [1.54, 1.807) is 12.4 Å². The molecule has 1 fully saturated rings. The Hall–Kier alpha value is -1.94. The van der Waals surface area contributed by atoms with E-state index in [0.717, 1.165) is 37.0 Å². The molecule has 0 saturated heterocycles. The smallest absolute Gasteiger partial charge is 0.228 e. The van der Waals surface area contributed by atoms with E-state index in [-0.39, 0.29) is 18.2 Å². The van der Waals surface area contributed by atoms with Crippen LogP contribution >= 0.6 is 11.6 Å². The standard InChI is InChI=1S/C21H25ClN6O2S/c1-13-9-14(18-23-10-15(22)11-24-18)3-7-28(13)20-25-16-4-8-31(30)17(16)19(26-20)27-21(12-29)5-2-6-21/h3,10-11,13,29H,2,4-9,12H2,1H3,(H,25,26,27)/t13-,31+/m0/s1. The number of aliphatic hydroxyl groups excluding tert-OH is 1. The summed E-state index contributed by atoms with van der Waals surface area (Å²) in [6.07, 6.45) is 9.61. The summed E-state index contributed by atoms with van der Waals surface area (Å²) < 4.78 is 12.6. The molecule has 1 aliphatic carbocycles. The van der Waals surface area contributed by atoms with Crippen molar-refractivity contribution >= 4 is 40.1 Å². The van der Waals surface area contributed by atoms with Crippen LogP contribution in [0.15, 0.2) is 23.4 Å². The number of aryl methyl sites for hydroxylation is 1. The van der Waals surface area contributed by atoms with Crippen LogP contribution in [0.2, 0.25) is 5.02 Å². The summed E-state index contributed by atoms with van der Waals surface area (Å²) in [5.41, 5.74) is 1.56. The van der Waals surface area contributed by atoms with E-state index in [1.807, 2.05) is 0 Å². The van der Waals surface area contributed by atoms with Gasteiger partial charge in [0.1, 0.15) is 11.4 Å². The van der Waals surface area contributed by atoms with Gasteiger partial charge >= 0.3 is 0 Å². The van der Waals surface area contributed by atoms with Gasteiger partial charge in [-0.3, -0.25) is 0 Å². The van der Waals surface area contributed by atoms with Gasteiger partial charge in [0.25, 0.3) is 0 Å². The Morgan fingerprint density at radius 2 is 2.10 bits per heavy atom. The minimum Gasteiger partial charge on any atom is -0.611 e. The van der Waals surface area contributed by atoms with Crippen molar-refractivity contribution in [2.24, 2.45) is 0 Å². The highest BCUT2D eigenvalue weighted by molar-refractivity contribution is 7.91. The van der Waals surface area contributed by atoms with Crippen molar-refractivity contribution in [3.05, 3.63) is 35.0 Å². The monoisotopic (exact) mass is 460 g/mol. The average Bonchev–Trinajstić information content (AvgIpc) is 3.12. The SMILES string of the molecule is C[C@H]1CC(c2ncc(Cl)cn2)=CCN1c1nc2c(c(NC3(CO)CCC3)n1)[S@+]([O-])CC2. The number of fused-ring (bicyclic) bond motifs is 1. The number of rotatable bonds is 5. The fourth-order valence-corrected chi connectivity index (χ4v) is 5.82. The molecule has 10 heteroatoms. The van der Waals surface area contributed by atoms with Crippen LogP contribution in [0.1, 0.15) is 44.1 Å². The predicted octanol–water partition coefficient (Wildman–Crippen LogP) is 2.59. The number of aliphatic hydroxyl groups is 1. The maximum Gasteiger partial charge on any atom is 0.228 e. The molecule has 2 atom stereocenters. The van der Waals surface area contributed by atoms with Crippen LogP contribution in [0.25, 0.3) is 5.57 Å². The van der Waals surface area contributed by atoms with Gasteiger partial charge in [0, 0.05) is 31.4 Å². The van der Waals surface area contributed by atoms with Gasteiger partial charge in [-0.15, -0.1) is 0 Å². The Labute approximate surface area is 189 Å². The Bertz CT molecular complexity index is 1010. The van der Waals surface area contributed by atoms with Crippen molar-refractivity contribution in [2.75, 3.05) is 29.1 Å². The second-order valence-electron chi connectivity index (χ2n) is 8.52. The van der Waals surface area contributed by atoms with E-state index in [0.29, 0.717) is 46.2 Å². The summed E-state index contributed by atoms with van der Waals surface area (Å²) in [5, 5.41) is 13.9. The minimum atomic E-state index is -1.11. The van der Waals surface area contributed by atoms with Crippen LogP contribution in [0.4, 0.5) is 11.8 Å². The predicted molar refractivity (Wildman–Crippen MR) is 121 cm³/mol. The van der Waals surface area contributed by atoms with Gasteiger partial charge in [0.2, 0.25) is 10.8 Å². The van der Waals surface area contributed by atoms with Crippen molar-refractivity contribution in [2.45, 2.75) is 55.5 Å². The molecular formula is C21H25ClN6O2S. The van der Waals surface area contributed by atoms with Crippen LogP contribution in [0.3, 0.4) is 0 Å². The number of hydrogen-bond acceptors (Lipinski definition) is 8. The van der Waals surface area contributed by atoms with Gasteiger partial charge in [-0.1, -0.05) is 17.7 Å². The van der Waals surface area contributed by atoms with E-state index in [1.165, 1.54) is 0 Å². The molecule has 164 valence electrons. The topological polar surface area (TPSA) is 110 Å². The van der Waals surface area contributed by atoms with Gasteiger partial charge in [-0.25, -0.2) is 15.0 Å². The van der Waals surface area contributed by atoms with Gasteiger partial charge in [-0.05, 0) is 49.4 Å². The third-order valence-corrected chi connectivity index (χ3v) is 8.07. The lowest BCUT2D eigenvalue weighted by Gasteiger charge is -2.41. The summed E-state index contributed by atoms with van der Waals surface area (Å²) in [6.45, 7) is 2.81. The molecule has 2 N–H and O–H groups in total. The van der Waals surface area contributed by atoms with Crippen molar-refractivity contribution < 1.29 is 9.66 Å². The average molecular weight is 461 g/mol. The molecule has 0 amide bonds. The van der Waals surface area contributed by atoms with Crippen LogP contribution in [-0.4, -0.2) is 60.1 Å². The lowest BCUT2D eigenvalue weighted by molar-refractivity contribution is 0.143. The zero-order valence-corrected chi connectivity index (χ0v) is 18.9. The number of halogens is 1. The van der Waals surface area contributed by atoms with Crippen LogP contribution in [-0.2, 0) is 17.6 Å². The van der Waals surface area contributed by atoms with E-state index in [4.69, 9.17) is 21.6 Å². The zero-order chi connectivity index (χ0) is 21.6. The van der Waals surface area contributed by atoms with Crippen molar-refractivity contribution in [1.29, 1.82) is 0 Å². The molecule has 0 aromatic carbocycles. The normalized spacial score (nSPS) is 24.4. The number of hydrogen-bond donors (Lipinski definition) is 2. The molecule has 0 radical (unpaired) electrons. The molecule has 31 heavy (non-hydrogen) atoms. The van der Waals surface area contributed by atoms with Gasteiger partial charge in [0.05, 0.1) is 17.2 Å². The molecule has 8 nitrogen and oxygen atoms in total. The molecule has 3 aliphatic rings. The molecule has 0 unspecified atom stereocenters.